The average Bonchev–Trinajstić information content (AvgIpc) is 2.92. The highest BCUT2D eigenvalue weighted by molar-refractivity contribution is 7.89. The van der Waals surface area contributed by atoms with Gasteiger partial charge in [0.25, 0.3) is 0 Å². The minimum Gasteiger partial charge on any atom is -0.497 e. The van der Waals surface area contributed by atoms with E-state index in [4.69, 9.17) is 18.9 Å². The highest BCUT2D eigenvalue weighted by atomic mass is 32.2. The number of hydrogen-bond donors (Lipinski definition) is 2. The number of nitrogens with one attached hydrogen (secondary N) is 2. The normalized spacial score (nSPS) is 11.9. The molecule has 0 aromatic heterocycles. The van der Waals surface area contributed by atoms with Crippen LogP contribution in [0.25, 0.3) is 0 Å². The molecule has 0 aliphatic heterocycles. The van der Waals surface area contributed by atoms with Crippen LogP contribution in [0.4, 0.5) is 0 Å². The number of benzene rings is 3. The van der Waals surface area contributed by atoms with E-state index in [-0.39, 0.29) is 17.2 Å². The monoisotopic (exact) mass is 528 g/mol. The summed E-state index contributed by atoms with van der Waals surface area (Å²) in [6.45, 7) is 0.370. The van der Waals surface area contributed by atoms with E-state index in [1.54, 1.807) is 57.7 Å². The predicted molar refractivity (Wildman–Crippen MR) is 140 cm³/mol. The number of rotatable bonds is 13. The maximum atomic E-state index is 13.1. The SMILES string of the molecule is COc1ccc([C@H](CC(=O)NCCc2ccc(OC)c(OC)c2)NS(=O)(=O)c2ccc(OC)cc2)cc1. The van der Waals surface area contributed by atoms with E-state index in [1.165, 1.54) is 19.2 Å². The quantitative estimate of drug-likeness (QED) is 0.349. The molecular formula is C27H32N2O7S. The van der Waals surface area contributed by atoms with Gasteiger partial charge in [0.15, 0.2) is 11.5 Å². The van der Waals surface area contributed by atoms with Crippen molar-refractivity contribution in [2.45, 2.75) is 23.8 Å². The van der Waals surface area contributed by atoms with Crippen LogP contribution in [0.3, 0.4) is 0 Å². The van der Waals surface area contributed by atoms with Crippen LogP contribution >= 0.6 is 0 Å². The van der Waals surface area contributed by atoms with E-state index >= 15 is 0 Å². The first kappa shape index (κ1) is 27.8. The van der Waals surface area contributed by atoms with Crippen LogP contribution in [-0.2, 0) is 21.2 Å². The molecule has 37 heavy (non-hydrogen) atoms. The molecular weight excluding hydrogens is 496 g/mol. The molecule has 0 saturated heterocycles. The fourth-order valence-corrected chi connectivity index (χ4v) is 4.94. The summed E-state index contributed by atoms with van der Waals surface area (Å²) < 4.78 is 49.8. The lowest BCUT2D eigenvalue weighted by Crippen LogP contribution is -2.34. The second-order valence-corrected chi connectivity index (χ2v) is 9.83. The molecule has 9 nitrogen and oxygen atoms in total. The summed E-state index contributed by atoms with van der Waals surface area (Å²) in [5.41, 5.74) is 1.60. The zero-order valence-corrected chi connectivity index (χ0v) is 22.1. The number of ether oxygens (including phenoxy) is 4. The van der Waals surface area contributed by atoms with Gasteiger partial charge in [-0.1, -0.05) is 18.2 Å². The molecule has 0 aliphatic rings. The molecule has 0 aliphatic carbocycles. The second-order valence-electron chi connectivity index (χ2n) is 8.12. The van der Waals surface area contributed by atoms with Gasteiger partial charge in [-0.25, -0.2) is 13.1 Å². The van der Waals surface area contributed by atoms with Gasteiger partial charge in [0.2, 0.25) is 15.9 Å². The molecule has 0 bridgehead atoms. The molecule has 2 N–H and O–H groups in total. The van der Waals surface area contributed by atoms with Crippen LogP contribution < -0.4 is 29.0 Å². The van der Waals surface area contributed by atoms with Gasteiger partial charge in [-0.05, 0) is 66.1 Å². The molecule has 1 atom stereocenters. The number of methoxy groups -OCH3 is 4. The predicted octanol–water partition coefficient (Wildman–Crippen LogP) is 3.49. The van der Waals surface area contributed by atoms with Crippen molar-refractivity contribution in [2.75, 3.05) is 35.0 Å². The van der Waals surface area contributed by atoms with E-state index in [1.807, 2.05) is 18.2 Å². The first-order valence-corrected chi connectivity index (χ1v) is 13.1. The highest BCUT2D eigenvalue weighted by Gasteiger charge is 2.24. The Bertz CT molecular complexity index is 1280. The van der Waals surface area contributed by atoms with Crippen LogP contribution in [0, 0.1) is 0 Å². The number of hydrogen-bond acceptors (Lipinski definition) is 7. The zero-order valence-electron chi connectivity index (χ0n) is 21.3. The van der Waals surface area contributed by atoms with Crippen molar-refractivity contribution in [3.63, 3.8) is 0 Å². The third kappa shape index (κ3) is 7.61. The van der Waals surface area contributed by atoms with Crippen molar-refractivity contribution in [3.05, 3.63) is 77.9 Å². The Morgan fingerprint density at radius 2 is 1.38 bits per heavy atom. The molecule has 0 fully saturated rings. The summed E-state index contributed by atoms with van der Waals surface area (Å²) in [5, 5.41) is 2.87. The molecule has 0 saturated carbocycles. The number of amides is 1. The fraction of sp³-hybridized carbons (Fsp3) is 0.296. The molecule has 3 rings (SSSR count). The van der Waals surface area contributed by atoms with E-state index in [9.17, 15) is 13.2 Å². The molecule has 0 heterocycles. The summed E-state index contributed by atoms with van der Waals surface area (Å²) in [5.74, 6) is 2.11. The standard InChI is InChI=1S/C27H32N2O7S/c1-33-21-8-6-20(7-9-21)24(29-37(31,32)23-12-10-22(34-2)11-13-23)18-27(30)28-16-15-19-5-14-25(35-3)26(17-19)36-4/h5-14,17,24,29H,15-16,18H2,1-4H3,(H,28,30)/t24-/m0/s1. The van der Waals surface area contributed by atoms with Gasteiger partial charge in [-0.2, -0.15) is 0 Å². The van der Waals surface area contributed by atoms with Crippen molar-refractivity contribution in [2.24, 2.45) is 0 Å². The summed E-state index contributed by atoms with van der Waals surface area (Å²) >= 11 is 0. The van der Waals surface area contributed by atoms with Crippen LogP contribution in [0.1, 0.15) is 23.6 Å². The summed E-state index contributed by atoms with van der Waals surface area (Å²) in [6, 6.07) is 17.7. The van der Waals surface area contributed by atoms with Gasteiger partial charge in [0.05, 0.1) is 39.4 Å². The molecule has 10 heteroatoms. The van der Waals surface area contributed by atoms with E-state index in [0.29, 0.717) is 41.5 Å². The van der Waals surface area contributed by atoms with Crippen LogP contribution in [0.5, 0.6) is 23.0 Å². The Hall–Kier alpha value is -3.76. The largest absolute Gasteiger partial charge is 0.497 e. The highest BCUT2D eigenvalue weighted by Crippen LogP contribution is 2.28. The lowest BCUT2D eigenvalue weighted by atomic mass is 10.0. The second kappa shape index (κ2) is 13.0. The number of sulfonamides is 1. The fourth-order valence-electron chi connectivity index (χ4n) is 3.71. The van der Waals surface area contributed by atoms with Crippen molar-refractivity contribution in [3.8, 4) is 23.0 Å². The summed E-state index contributed by atoms with van der Waals surface area (Å²) in [7, 11) is 2.27. The van der Waals surface area contributed by atoms with Gasteiger partial charge < -0.3 is 24.3 Å². The van der Waals surface area contributed by atoms with Crippen molar-refractivity contribution >= 4 is 15.9 Å². The van der Waals surface area contributed by atoms with Gasteiger partial charge in [-0.3, -0.25) is 4.79 Å². The van der Waals surface area contributed by atoms with Gasteiger partial charge in [0.1, 0.15) is 11.5 Å². The number of carbonyl (C=O) groups is 1. The van der Waals surface area contributed by atoms with Gasteiger partial charge >= 0.3 is 0 Å². The van der Waals surface area contributed by atoms with E-state index in [2.05, 4.69) is 10.0 Å². The average molecular weight is 529 g/mol. The molecule has 3 aromatic carbocycles. The molecule has 3 aromatic rings. The van der Waals surface area contributed by atoms with Gasteiger partial charge in [-0.15, -0.1) is 0 Å². The Labute approximate surface area is 217 Å². The van der Waals surface area contributed by atoms with Crippen molar-refractivity contribution in [1.29, 1.82) is 0 Å². The smallest absolute Gasteiger partial charge is 0.241 e. The topological polar surface area (TPSA) is 112 Å². The first-order valence-electron chi connectivity index (χ1n) is 11.6. The molecule has 0 radical (unpaired) electrons. The Balaban J connectivity index is 1.71. The van der Waals surface area contributed by atoms with Crippen molar-refractivity contribution < 1.29 is 32.2 Å². The Morgan fingerprint density at radius 1 is 0.784 bits per heavy atom. The third-order valence-corrected chi connectivity index (χ3v) is 7.25. The third-order valence-electron chi connectivity index (χ3n) is 5.76. The van der Waals surface area contributed by atoms with E-state index < -0.39 is 16.1 Å². The van der Waals surface area contributed by atoms with Crippen LogP contribution in [-0.4, -0.2) is 49.3 Å². The lowest BCUT2D eigenvalue weighted by molar-refractivity contribution is -0.121. The van der Waals surface area contributed by atoms with Crippen molar-refractivity contribution in [1.82, 2.24) is 10.0 Å². The minimum atomic E-state index is -3.91. The minimum absolute atomic E-state index is 0.0701. The Morgan fingerprint density at radius 3 is 1.95 bits per heavy atom. The number of carbonyl (C=O) groups excluding carboxylic acids is 1. The van der Waals surface area contributed by atoms with E-state index in [0.717, 1.165) is 5.56 Å². The molecule has 1 amide bonds. The van der Waals surface area contributed by atoms with Gasteiger partial charge in [0, 0.05) is 13.0 Å². The Kier molecular flexibility index (Phi) is 9.76. The zero-order chi connectivity index (χ0) is 26.8. The first-order chi connectivity index (χ1) is 17.8. The maximum absolute atomic E-state index is 13.1. The molecule has 0 unspecified atom stereocenters. The molecule has 198 valence electrons. The van der Waals surface area contributed by atoms with Crippen LogP contribution in [0.2, 0.25) is 0 Å². The molecule has 0 spiro atoms. The lowest BCUT2D eigenvalue weighted by Gasteiger charge is -2.20. The maximum Gasteiger partial charge on any atom is 0.241 e. The summed E-state index contributed by atoms with van der Waals surface area (Å²) in [6.07, 6.45) is 0.477. The summed E-state index contributed by atoms with van der Waals surface area (Å²) in [4.78, 5) is 12.9. The van der Waals surface area contributed by atoms with Crippen LogP contribution in [0.15, 0.2) is 71.6 Å².